The highest BCUT2D eigenvalue weighted by molar-refractivity contribution is 5.82. The van der Waals surface area contributed by atoms with E-state index in [4.69, 9.17) is 16.6 Å². The topological polar surface area (TPSA) is 151 Å². The van der Waals surface area contributed by atoms with Gasteiger partial charge in [-0.25, -0.2) is 4.79 Å². The largest absolute Gasteiger partial charge is 0.480 e. The minimum Gasteiger partial charge on any atom is -0.480 e. The minimum absolute atomic E-state index is 0.105. The summed E-state index contributed by atoms with van der Waals surface area (Å²) in [7, 11) is 0. The Kier molecular flexibility index (Phi) is 5.86. The van der Waals surface area contributed by atoms with Gasteiger partial charge in [-0.15, -0.1) is 0 Å². The molecule has 0 aromatic carbocycles. The number of guanidine groups is 1. The third-order valence-corrected chi connectivity index (χ3v) is 1.67. The van der Waals surface area contributed by atoms with E-state index < -0.39 is 24.0 Å². The number of aliphatic hydroxyl groups is 1. The summed E-state index contributed by atoms with van der Waals surface area (Å²) in [6.07, 6.45) is -1.19. The highest BCUT2D eigenvalue weighted by Gasteiger charge is 2.21. The second-order valence-corrected chi connectivity index (χ2v) is 3.25. The van der Waals surface area contributed by atoms with E-state index >= 15 is 0 Å². The highest BCUT2D eigenvalue weighted by atomic mass is 16.4. The lowest BCUT2D eigenvalue weighted by molar-refractivity contribution is -0.142. The van der Waals surface area contributed by atoms with Gasteiger partial charge >= 0.3 is 5.97 Å². The van der Waals surface area contributed by atoms with Gasteiger partial charge in [0.05, 0.1) is 12.6 Å². The van der Waals surface area contributed by atoms with Crippen molar-refractivity contribution >= 4 is 17.8 Å². The molecule has 1 amide bonds. The Hall–Kier alpha value is -1.83. The predicted molar refractivity (Wildman–Crippen MR) is 56.5 cm³/mol. The molecule has 0 aromatic rings. The van der Waals surface area contributed by atoms with Gasteiger partial charge in [-0.05, 0) is 0 Å². The van der Waals surface area contributed by atoms with Gasteiger partial charge in [-0.2, -0.15) is 0 Å². The number of hydrogen-bond donors (Lipinski definition) is 5. The Morgan fingerprint density at radius 1 is 1.44 bits per heavy atom. The van der Waals surface area contributed by atoms with E-state index in [1.807, 2.05) is 0 Å². The molecule has 7 N–H and O–H groups in total. The van der Waals surface area contributed by atoms with Gasteiger partial charge in [0, 0.05) is 13.3 Å². The van der Waals surface area contributed by atoms with Gasteiger partial charge in [0.2, 0.25) is 5.91 Å². The first-order valence-electron chi connectivity index (χ1n) is 4.56. The van der Waals surface area contributed by atoms with Crippen molar-refractivity contribution in [2.75, 3.05) is 6.54 Å². The van der Waals surface area contributed by atoms with Gasteiger partial charge < -0.3 is 27.0 Å². The van der Waals surface area contributed by atoms with Crippen LogP contribution in [0.4, 0.5) is 0 Å². The Bertz CT molecular complexity index is 288. The molecule has 2 unspecified atom stereocenters. The number of nitrogens with zero attached hydrogens (tertiary/aromatic N) is 1. The van der Waals surface area contributed by atoms with Crippen molar-refractivity contribution in [1.82, 2.24) is 5.32 Å². The molecule has 0 saturated carbocycles. The summed E-state index contributed by atoms with van der Waals surface area (Å²) in [6.45, 7) is 1.09. The van der Waals surface area contributed by atoms with E-state index in [1.165, 1.54) is 6.92 Å². The standard InChI is InChI=1S/C8H16N4O4/c1-4(13)12-6(7(15)16)2-5(14)3-11-8(9)10/h5-6,14H,2-3H2,1H3,(H,12,13)(H,15,16)(H4,9,10,11). The molecule has 0 bridgehead atoms. The van der Waals surface area contributed by atoms with E-state index in [-0.39, 0.29) is 18.9 Å². The van der Waals surface area contributed by atoms with E-state index in [1.54, 1.807) is 0 Å². The molecular weight excluding hydrogens is 216 g/mol. The zero-order valence-electron chi connectivity index (χ0n) is 8.88. The smallest absolute Gasteiger partial charge is 0.326 e. The summed E-state index contributed by atoms with van der Waals surface area (Å²) in [6, 6.07) is -1.15. The molecule has 92 valence electrons. The number of rotatable bonds is 6. The Balaban J connectivity index is 4.23. The number of carboxylic acids is 1. The number of aliphatic hydroxyl groups excluding tert-OH is 1. The summed E-state index contributed by atoms with van der Waals surface area (Å²) in [4.78, 5) is 24.9. The van der Waals surface area contributed by atoms with E-state index in [9.17, 15) is 14.7 Å². The van der Waals surface area contributed by atoms with Gasteiger partial charge in [0.1, 0.15) is 6.04 Å². The van der Waals surface area contributed by atoms with Crippen molar-refractivity contribution in [2.24, 2.45) is 16.5 Å². The molecule has 8 nitrogen and oxygen atoms in total. The van der Waals surface area contributed by atoms with Crippen molar-refractivity contribution < 1.29 is 19.8 Å². The fourth-order valence-electron chi connectivity index (χ4n) is 1.02. The van der Waals surface area contributed by atoms with Crippen molar-refractivity contribution in [3.63, 3.8) is 0 Å². The summed E-state index contributed by atoms with van der Waals surface area (Å²) in [5, 5.41) is 20.3. The number of nitrogens with one attached hydrogen (secondary N) is 1. The number of nitrogens with two attached hydrogens (primary N) is 2. The normalized spacial score (nSPS) is 13.6. The van der Waals surface area contributed by atoms with E-state index in [2.05, 4.69) is 10.3 Å². The van der Waals surface area contributed by atoms with Crippen molar-refractivity contribution in [1.29, 1.82) is 0 Å². The van der Waals surface area contributed by atoms with E-state index in [0.717, 1.165) is 0 Å². The van der Waals surface area contributed by atoms with Gasteiger partial charge in [0.15, 0.2) is 5.96 Å². The van der Waals surface area contributed by atoms with Gasteiger partial charge in [-0.3, -0.25) is 9.79 Å². The Labute approximate surface area is 92.3 Å². The van der Waals surface area contributed by atoms with Crippen LogP contribution in [0.1, 0.15) is 13.3 Å². The lowest BCUT2D eigenvalue weighted by Gasteiger charge is -2.16. The Morgan fingerprint density at radius 3 is 2.38 bits per heavy atom. The molecule has 0 aliphatic heterocycles. The fraction of sp³-hybridized carbons (Fsp3) is 0.625. The number of carbonyl (C=O) groups excluding carboxylic acids is 1. The number of carboxylic acid groups (broad SMARTS) is 1. The molecule has 0 radical (unpaired) electrons. The average Bonchev–Trinajstić information content (AvgIpc) is 2.12. The van der Waals surface area contributed by atoms with Crippen LogP contribution >= 0.6 is 0 Å². The molecule has 0 aliphatic carbocycles. The molecule has 2 atom stereocenters. The minimum atomic E-state index is -1.22. The summed E-state index contributed by atoms with van der Waals surface area (Å²) >= 11 is 0. The lowest BCUT2D eigenvalue weighted by Crippen LogP contribution is -2.42. The SMILES string of the molecule is CC(=O)NC(CC(O)CN=C(N)N)C(=O)O. The summed E-state index contributed by atoms with van der Waals surface area (Å²) in [5.41, 5.74) is 10.1. The number of amides is 1. The van der Waals surface area contributed by atoms with E-state index in [0.29, 0.717) is 0 Å². The summed E-state index contributed by atoms with van der Waals surface area (Å²) < 4.78 is 0. The first-order chi connectivity index (χ1) is 7.32. The lowest BCUT2D eigenvalue weighted by atomic mass is 10.1. The molecule has 0 spiro atoms. The maximum atomic E-state index is 10.7. The van der Waals surface area contributed by atoms with Gasteiger partial charge in [0.25, 0.3) is 0 Å². The first kappa shape index (κ1) is 14.2. The third-order valence-electron chi connectivity index (χ3n) is 1.67. The highest BCUT2D eigenvalue weighted by Crippen LogP contribution is 2.00. The van der Waals surface area contributed by atoms with Crippen LogP contribution in [-0.4, -0.2) is 46.7 Å². The zero-order valence-corrected chi connectivity index (χ0v) is 8.88. The predicted octanol–water partition coefficient (Wildman–Crippen LogP) is -2.40. The van der Waals surface area contributed by atoms with Crippen LogP contribution < -0.4 is 16.8 Å². The van der Waals surface area contributed by atoms with Crippen molar-refractivity contribution in [3.05, 3.63) is 0 Å². The molecule has 0 fully saturated rings. The fourth-order valence-corrected chi connectivity index (χ4v) is 1.02. The maximum absolute atomic E-state index is 10.7. The number of hydrogen-bond acceptors (Lipinski definition) is 4. The molecule has 0 saturated heterocycles. The zero-order chi connectivity index (χ0) is 12.7. The average molecular weight is 232 g/mol. The molecule has 8 heteroatoms. The van der Waals surface area contributed by atoms with Crippen LogP contribution in [-0.2, 0) is 9.59 Å². The third kappa shape index (κ3) is 6.60. The summed E-state index contributed by atoms with van der Waals surface area (Å²) in [5.74, 6) is -1.90. The molecule has 0 aliphatic rings. The molecular formula is C8H16N4O4. The molecule has 16 heavy (non-hydrogen) atoms. The molecule has 0 rings (SSSR count). The van der Waals surface area contributed by atoms with Crippen LogP contribution in [0, 0.1) is 0 Å². The Morgan fingerprint density at radius 2 is 2.00 bits per heavy atom. The van der Waals surface area contributed by atoms with Crippen LogP contribution in [0.15, 0.2) is 4.99 Å². The molecule has 0 aromatic heterocycles. The number of carbonyl (C=O) groups is 2. The van der Waals surface area contributed by atoms with Crippen molar-refractivity contribution in [2.45, 2.75) is 25.5 Å². The molecule has 0 heterocycles. The second-order valence-electron chi connectivity index (χ2n) is 3.25. The first-order valence-corrected chi connectivity index (χ1v) is 4.56. The number of aliphatic imine (C=N–C) groups is 1. The number of aliphatic carboxylic acids is 1. The second kappa shape index (κ2) is 6.62. The van der Waals surface area contributed by atoms with Crippen LogP contribution in [0.5, 0.6) is 0 Å². The quantitative estimate of drug-likeness (QED) is 0.254. The van der Waals surface area contributed by atoms with Crippen LogP contribution in [0.2, 0.25) is 0 Å². The van der Waals surface area contributed by atoms with Crippen LogP contribution in [0.3, 0.4) is 0 Å². The van der Waals surface area contributed by atoms with Crippen molar-refractivity contribution in [3.8, 4) is 0 Å². The van der Waals surface area contributed by atoms with Crippen LogP contribution in [0.25, 0.3) is 0 Å². The maximum Gasteiger partial charge on any atom is 0.326 e. The monoisotopic (exact) mass is 232 g/mol. The van der Waals surface area contributed by atoms with Gasteiger partial charge in [-0.1, -0.05) is 0 Å².